The van der Waals surface area contributed by atoms with E-state index in [1.807, 2.05) is 12.1 Å². The van der Waals surface area contributed by atoms with Crippen molar-refractivity contribution in [3.63, 3.8) is 0 Å². The zero-order chi connectivity index (χ0) is 12.1. The second kappa shape index (κ2) is 14.8. The van der Waals surface area contributed by atoms with Gasteiger partial charge in [-0.2, -0.15) is 0 Å². The van der Waals surface area contributed by atoms with Gasteiger partial charge in [0, 0.05) is 12.4 Å². The van der Waals surface area contributed by atoms with Crippen molar-refractivity contribution < 1.29 is 5.48 Å². The molecule has 0 spiro atoms. The van der Waals surface area contributed by atoms with Gasteiger partial charge in [-0.25, -0.2) is 0 Å². The van der Waals surface area contributed by atoms with Gasteiger partial charge < -0.3 is 5.48 Å². The van der Waals surface area contributed by atoms with Gasteiger partial charge in [0.25, 0.3) is 0 Å². The lowest BCUT2D eigenvalue weighted by atomic mass is 10.1. The van der Waals surface area contributed by atoms with Gasteiger partial charge in [-0.05, 0) is 17.7 Å². The van der Waals surface area contributed by atoms with Crippen LogP contribution in [0.15, 0.2) is 31.1 Å². The van der Waals surface area contributed by atoms with Crippen LogP contribution in [0.2, 0.25) is 0 Å². The molecule has 0 fully saturated rings. The van der Waals surface area contributed by atoms with Crippen molar-refractivity contribution in [3.05, 3.63) is 36.7 Å². The van der Waals surface area contributed by atoms with Crippen LogP contribution in [0, 0.1) is 0 Å². The summed E-state index contributed by atoms with van der Waals surface area (Å²) in [6.07, 6.45) is 13.8. The normalized spacial score (nSPS) is 8.59. The number of hydrogen-bond donors (Lipinski definition) is 0. The van der Waals surface area contributed by atoms with Gasteiger partial charge in [0.2, 0.25) is 0 Å². The molecular weight excluding hydrogens is 210 g/mol. The predicted molar refractivity (Wildman–Crippen MR) is 77.0 cm³/mol. The molecule has 2 N–H and O–H groups in total. The van der Waals surface area contributed by atoms with E-state index in [0.29, 0.717) is 0 Å². The zero-order valence-electron chi connectivity index (χ0n) is 11.3. The van der Waals surface area contributed by atoms with Crippen LogP contribution in [0.3, 0.4) is 0 Å². The Kier molecular flexibility index (Phi) is 15.9. The number of unbranched alkanes of at least 4 members (excludes halogenated alkanes) is 5. The first-order valence-corrected chi connectivity index (χ1v) is 6.37. The summed E-state index contributed by atoms with van der Waals surface area (Å²) >= 11 is 0. The van der Waals surface area contributed by atoms with Crippen LogP contribution in [-0.4, -0.2) is 10.5 Å². The quantitative estimate of drug-likeness (QED) is 0.681. The van der Waals surface area contributed by atoms with Crippen molar-refractivity contribution >= 4 is 6.08 Å². The number of rotatable bonds is 6. The second-order valence-electron chi connectivity index (χ2n) is 3.90. The highest BCUT2D eigenvalue weighted by molar-refractivity contribution is 5.44. The molecule has 17 heavy (non-hydrogen) atoms. The van der Waals surface area contributed by atoms with Gasteiger partial charge in [0.05, 0.1) is 0 Å². The van der Waals surface area contributed by atoms with E-state index in [9.17, 15) is 0 Å². The van der Waals surface area contributed by atoms with Crippen LogP contribution in [0.25, 0.3) is 6.08 Å². The summed E-state index contributed by atoms with van der Waals surface area (Å²) in [5.41, 5.74) is 1.11. The lowest BCUT2D eigenvalue weighted by Crippen LogP contribution is -1.73. The van der Waals surface area contributed by atoms with Crippen LogP contribution >= 0.6 is 0 Å². The van der Waals surface area contributed by atoms with Crippen molar-refractivity contribution in [2.75, 3.05) is 0 Å². The molecule has 0 unspecified atom stereocenters. The molecule has 0 amide bonds. The Morgan fingerprint density at radius 1 is 1.00 bits per heavy atom. The van der Waals surface area contributed by atoms with Crippen molar-refractivity contribution in [3.8, 4) is 0 Å². The molecule has 0 saturated heterocycles. The minimum absolute atomic E-state index is 0. The lowest BCUT2D eigenvalue weighted by molar-refractivity contribution is 0.624. The van der Waals surface area contributed by atoms with Gasteiger partial charge in [-0.15, -0.1) is 0 Å². The zero-order valence-corrected chi connectivity index (χ0v) is 11.3. The highest BCUT2D eigenvalue weighted by atomic mass is 16.0. The molecule has 0 saturated carbocycles. The van der Waals surface area contributed by atoms with Gasteiger partial charge in [-0.1, -0.05) is 65.0 Å². The van der Waals surface area contributed by atoms with Crippen LogP contribution in [-0.2, 0) is 0 Å². The first kappa shape index (κ1) is 18.2. The SMILES string of the molecule is C=Cc1ccncc1.CCCCCCCC.O. The largest absolute Gasteiger partial charge is 0.412 e. The predicted octanol–water partition coefficient (Wildman–Crippen LogP) is 4.27. The molecule has 2 heteroatoms. The van der Waals surface area contributed by atoms with Gasteiger partial charge >= 0.3 is 0 Å². The van der Waals surface area contributed by atoms with Gasteiger partial charge in [-0.3, -0.25) is 4.98 Å². The Bertz CT molecular complexity index is 240. The summed E-state index contributed by atoms with van der Waals surface area (Å²) in [4.78, 5) is 3.85. The number of aromatic nitrogens is 1. The molecule has 0 aliphatic carbocycles. The Hall–Kier alpha value is -1.15. The summed E-state index contributed by atoms with van der Waals surface area (Å²) in [5, 5.41) is 0. The molecule has 0 aliphatic heterocycles. The van der Waals surface area contributed by atoms with Crippen molar-refractivity contribution in [2.45, 2.75) is 52.4 Å². The van der Waals surface area contributed by atoms with Crippen molar-refractivity contribution in [1.29, 1.82) is 0 Å². The van der Waals surface area contributed by atoms with E-state index >= 15 is 0 Å². The first-order valence-electron chi connectivity index (χ1n) is 6.37. The highest BCUT2D eigenvalue weighted by Crippen LogP contribution is 2.03. The summed E-state index contributed by atoms with van der Waals surface area (Å²) in [6, 6.07) is 3.82. The molecule has 0 atom stereocenters. The Morgan fingerprint density at radius 2 is 1.47 bits per heavy atom. The van der Waals surface area contributed by atoms with E-state index in [4.69, 9.17) is 0 Å². The van der Waals surface area contributed by atoms with E-state index in [-0.39, 0.29) is 5.48 Å². The summed E-state index contributed by atoms with van der Waals surface area (Å²) in [5.74, 6) is 0. The minimum atomic E-state index is 0. The maximum atomic E-state index is 3.85. The Morgan fingerprint density at radius 3 is 1.76 bits per heavy atom. The summed E-state index contributed by atoms with van der Waals surface area (Å²) in [6.45, 7) is 8.11. The maximum Gasteiger partial charge on any atom is 0.0273 e. The molecule has 0 bridgehead atoms. The molecule has 2 nitrogen and oxygen atoms in total. The lowest BCUT2D eigenvalue weighted by Gasteiger charge is -1.93. The molecule has 0 aromatic carbocycles. The number of hydrogen-bond acceptors (Lipinski definition) is 1. The third-order valence-electron chi connectivity index (χ3n) is 2.40. The monoisotopic (exact) mass is 237 g/mol. The maximum absolute atomic E-state index is 3.85. The van der Waals surface area contributed by atoms with E-state index in [1.54, 1.807) is 18.5 Å². The van der Waals surface area contributed by atoms with E-state index in [2.05, 4.69) is 25.4 Å². The average Bonchev–Trinajstić information content (AvgIpc) is 2.36. The summed E-state index contributed by atoms with van der Waals surface area (Å²) < 4.78 is 0. The van der Waals surface area contributed by atoms with Crippen molar-refractivity contribution in [1.82, 2.24) is 4.98 Å². The number of pyridine rings is 1. The smallest absolute Gasteiger partial charge is 0.0273 e. The first-order chi connectivity index (χ1) is 7.85. The molecule has 98 valence electrons. The molecular formula is C15H27NO. The third kappa shape index (κ3) is 12.8. The van der Waals surface area contributed by atoms with E-state index < -0.39 is 0 Å². The minimum Gasteiger partial charge on any atom is -0.412 e. The summed E-state index contributed by atoms with van der Waals surface area (Å²) in [7, 11) is 0. The third-order valence-corrected chi connectivity index (χ3v) is 2.40. The van der Waals surface area contributed by atoms with Crippen LogP contribution in [0.1, 0.15) is 57.9 Å². The van der Waals surface area contributed by atoms with E-state index in [0.717, 1.165) is 5.56 Å². The fourth-order valence-electron chi connectivity index (χ4n) is 1.35. The Labute approximate surface area is 106 Å². The molecule has 1 aromatic heterocycles. The standard InChI is InChI=1S/C8H18.C7H7N.H2O/c1-3-5-7-8-6-4-2;1-2-7-3-5-8-6-4-7;/h3-8H2,1-2H3;2-6H,1H2;1H2. The van der Waals surface area contributed by atoms with Gasteiger partial charge in [0.1, 0.15) is 0 Å². The second-order valence-corrected chi connectivity index (χ2v) is 3.90. The topological polar surface area (TPSA) is 44.4 Å². The molecule has 1 rings (SSSR count). The Balaban J connectivity index is 0. The van der Waals surface area contributed by atoms with Gasteiger partial charge in [0.15, 0.2) is 0 Å². The molecule has 0 aliphatic rings. The highest BCUT2D eigenvalue weighted by Gasteiger charge is 1.83. The number of nitrogens with zero attached hydrogens (tertiary/aromatic N) is 1. The molecule has 1 aromatic rings. The average molecular weight is 237 g/mol. The molecule has 1 heterocycles. The van der Waals surface area contributed by atoms with Crippen LogP contribution in [0.4, 0.5) is 0 Å². The van der Waals surface area contributed by atoms with Crippen LogP contribution < -0.4 is 0 Å². The fourth-order valence-corrected chi connectivity index (χ4v) is 1.35. The fraction of sp³-hybridized carbons (Fsp3) is 0.533. The van der Waals surface area contributed by atoms with Crippen LogP contribution in [0.5, 0.6) is 0 Å². The van der Waals surface area contributed by atoms with Crippen molar-refractivity contribution in [2.24, 2.45) is 0 Å². The van der Waals surface area contributed by atoms with E-state index in [1.165, 1.54) is 38.5 Å². The molecule has 0 radical (unpaired) electrons.